The molecule has 5 N–H and O–H groups in total. The minimum absolute atomic E-state index is 0.00571. The van der Waals surface area contributed by atoms with E-state index < -0.39 is 23.5 Å². The van der Waals surface area contributed by atoms with E-state index in [0.29, 0.717) is 19.5 Å². The highest BCUT2D eigenvalue weighted by Gasteiger charge is 2.45. The Bertz CT molecular complexity index is 1240. The lowest BCUT2D eigenvalue weighted by atomic mass is 9.85. The van der Waals surface area contributed by atoms with Crippen LogP contribution in [0.4, 0.5) is 0 Å². The third-order valence-corrected chi connectivity index (χ3v) is 8.60. The summed E-state index contributed by atoms with van der Waals surface area (Å²) in [5, 5.41) is 22.0. The molecule has 0 aromatic heterocycles. The first kappa shape index (κ1) is 31.7. The summed E-state index contributed by atoms with van der Waals surface area (Å²) < 4.78 is 0. The number of hydrogen-bond donors (Lipinski definition) is 5. The van der Waals surface area contributed by atoms with Gasteiger partial charge in [0.15, 0.2) is 0 Å². The number of aliphatic hydroxyl groups is 1. The number of nitrogens with one attached hydrogen (secondary N) is 4. The van der Waals surface area contributed by atoms with Crippen LogP contribution in [0.15, 0.2) is 48.5 Å². The Labute approximate surface area is 249 Å². The molecule has 2 aromatic carbocycles. The van der Waals surface area contributed by atoms with Crippen molar-refractivity contribution in [3.63, 3.8) is 0 Å². The van der Waals surface area contributed by atoms with Crippen LogP contribution in [0.2, 0.25) is 0 Å². The molecule has 3 amide bonds. The first-order chi connectivity index (χ1) is 20.0. The summed E-state index contributed by atoms with van der Waals surface area (Å²) in [4.78, 5) is 42.6. The Balaban J connectivity index is 1.55. The Hall–Kier alpha value is -3.27. The highest BCUT2D eigenvalue weighted by molar-refractivity contribution is 5.94. The van der Waals surface area contributed by atoms with Crippen LogP contribution in [0, 0.1) is 5.41 Å². The van der Waals surface area contributed by atoms with Gasteiger partial charge < -0.3 is 31.3 Å². The molecule has 1 fully saturated rings. The monoisotopic (exact) mass is 577 g/mol. The minimum Gasteiger partial charge on any atom is -0.392 e. The molecule has 2 aliphatic rings. The summed E-state index contributed by atoms with van der Waals surface area (Å²) in [6.45, 7) is 8.45. The van der Waals surface area contributed by atoms with Gasteiger partial charge in [-0.25, -0.2) is 0 Å². The van der Waals surface area contributed by atoms with Gasteiger partial charge in [-0.2, -0.15) is 0 Å². The van der Waals surface area contributed by atoms with Gasteiger partial charge in [-0.05, 0) is 67.3 Å². The maximum Gasteiger partial charge on any atom is 0.246 e. The van der Waals surface area contributed by atoms with Crippen LogP contribution >= 0.6 is 0 Å². The Morgan fingerprint density at radius 1 is 1.05 bits per heavy atom. The molecule has 4 rings (SSSR count). The van der Waals surface area contributed by atoms with E-state index in [4.69, 9.17) is 0 Å². The average Bonchev–Trinajstić information content (AvgIpc) is 3.42. The van der Waals surface area contributed by atoms with Crippen LogP contribution in [0.25, 0.3) is 0 Å². The van der Waals surface area contributed by atoms with Crippen molar-refractivity contribution in [2.24, 2.45) is 5.41 Å². The lowest BCUT2D eigenvalue weighted by Crippen LogP contribution is -2.59. The summed E-state index contributed by atoms with van der Waals surface area (Å²) in [5.74, 6) is -0.671. The van der Waals surface area contributed by atoms with Crippen molar-refractivity contribution in [3.05, 3.63) is 70.8 Å². The second kappa shape index (κ2) is 13.8. The quantitative estimate of drug-likeness (QED) is 0.296. The summed E-state index contributed by atoms with van der Waals surface area (Å²) in [5.41, 5.74) is 3.74. The first-order valence-corrected chi connectivity index (χ1v) is 15.1. The van der Waals surface area contributed by atoms with E-state index in [0.717, 1.165) is 36.0 Å². The van der Waals surface area contributed by atoms with Crippen LogP contribution in [-0.2, 0) is 34.0 Å². The topological polar surface area (TPSA) is 123 Å². The summed E-state index contributed by atoms with van der Waals surface area (Å²) >= 11 is 0. The van der Waals surface area contributed by atoms with Gasteiger partial charge in [0, 0.05) is 19.1 Å². The number of carbonyl (C=O) groups excluding carboxylic acids is 3. The molecule has 0 unspecified atom stereocenters. The first-order valence-electron chi connectivity index (χ1n) is 15.1. The predicted octanol–water partition coefficient (Wildman–Crippen LogP) is 2.57. The number of likely N-dealkylation sites (tertiary alicyclic amines) is 1. The molecule has 1 heterocycles. The SMILES string of the molecule is CN[C@@H](C)C(=O)N[C@H](C(=O)N1C[C@@H](NCc2ccc(CO)cc2)C[C@H]1C(=O)N[C@@H]1CCCc2ccccc21)C(C)(C)C. The van der Waals surface area contributed by atoms with Crippen LogP contribution in [0.5, 0.6) is 0 Å². The number of rotatable bonds is 10. The van der Waals surface area contributed by atoms with Crippen LogP contribution < -0.4 is 21.3 Å². The molecule has 0 radical (unpaired) electrons. The molecule has 0 bridgehead atoms. The number of fused-ring (bicyclic) bond motifs is 1. The largest absolute Gasteiger partial charge is 0.392 e. The van der Waals surface area contributed by atoms with Gasteiger partial charge in [-0.3, -0.25) is 14.4 Å². The van der Waals surface area contributed by atoms with Crippen LogP contribution in [0.1, 0.15) is 75.3 Å². The summed E-state index contributed by atoms with van der Waals surface area (Å²) in [7, 11) is 1.70. The van der Waals surface area contributed by atoms with E-state index in [1.807, 2.05) is 57.2 Å². The van der Waals surface area contributed by atoms with E-state index in [1.54, 1.807) is 18.9 Å². The van der Waals surface area contributed by atoms with E-state index >= 15 is 0 Å². The average molecular weight is 578 g/mol. The van der Waals surface area contributed by atoms with Gasteiger partial charge in [0.1, 0.15) is 12.1 Å². The molecule has 0 saturated carbocycles. The van der Waals surface area contributed by atoms with Crippen LogP contribution in [0.3, 0.4) is 0 Å². The Morgan fingerprint density at radius 2 is 1.74 bits per heavy atom. The Morgan fingerprint density at radius 3 is 2.40 bits per heavy atom. The molecule has 2 aromatic rings. The molecule has 0 spiro atoms. The van der Waals surface area contributed by atoms with E-state index in [-0.39, 0.29) is 36.4 Å². The van der Waals surface area contributed by atoms with Gasteiger partial charge in [0.05, 0.1) is 18.7 Å². The number of nitrogens with zero attached hydrogens (tertiary/aromatic N) is 1. The number of benzene rings is 2. The van der Waals surface area contributed by atoms with Crippen molar-refractivity contribution >= 4 is 17.7 Å². The number of amides is 3. The van der Waals surface area contributed by atoms with Crippen molar-refractivity contribution < 1.29 is 19.5 Å². The van der Waals surface area contributed by atoms with Crippen molar-refractivity contribution in [2.45, 2.75) is 96.7 Å². The fourth-order valence-corrected chi connectivity index (χ4v) is 5.89. The summed E-state index contributed by atoms with van der Waals surface area (Å²) in [6.07, 6.45) is 3.33. The molecule has 228 valence electrons. The Kier molecular flexibility index (Phi) is 10.4. The van der Waals surface area contributed by atoms with Crippen molar-refractivity contribution in [2.75, 3.05) is 13.6 Å². The zero-order chi connectivity index (χ0) is 30.4. The third kappa shape index (κ3) is 7.56. The summed E-state index contributed by atoms with van der Waals surface area (Å²) in [6, 6.07) is 13.8. The van der Waals surface area contributed by atoms with Gasteiger partial charge in [-0.1, -0.05) is 69.3 Å². The van der Waals surface area contributed by atoms with E-state index in [9.17, 15) is 19.5 Å². The second-order valence-corrected chi connectivity index (χ2v) is 12.8. The van der Waals surface area contributed by atoms with Gasteiger partial charge in [0.2, 0.25) is 17.7 Å². The lowest BCUT2D eigenvalue weighted by Gasteiger charge is -2.36. The fraction of sp³-hybridized carbons (Fsp3) is 0.545. The molecule has 9 nitrogen and oxygen atoms in total. The van der Waals surface area contributed by atoms with Gasteiger partial charge >= 0.3 is 0 Å². The third-order valence-electron chi connectivity index (χ3n) is 8.60. The fourth-order valence-electron chi connectivity index (χ4n) is 5.89. The molecule has 42 heavy (non-hydrogen) atoms. The van der Waals surface area contributed by atoms with E-state index in [2.05, 4.69) is 33.4 Å². The molecule has 1 aliphatic carbocycles. The van der Waals surface area contributed by atoms with Crippen molar-refractivity contribution in [3.8, 4) is 0 Å². The maximum atomic E-state index is 14.2. The predicted molar refractivity (Wildman–Crippen MR) is 163 cm³/mol. The molecule has 1 aliphatic heterocycles. The molecular formula is C33H47N5O4. The molecule has 9 heteroatoms. The molecule has 1 saturated heterocycles. The van der Waals surface area contributed by atoms with E-state index in [1.165, 1.54) is 5.56 Å². The standard InChI is InChI=1S/C33H47N5O4/c1-21(34-5)30(40)37-29(33(2,3)4)32(42)38-19-25(35-18-22-13-15-23(20-39)16-14-22)17-28(38)31(41)36-27-12-8-10-24-9-6-7-11-26(24)27/h6-7,9,11,13-16,21,25,27-29,34-35,39H,8,10,12,17-20H2,1-5H3,(H,36,41)(H,37,40)/t21-,25-,27+,28-,29+/m0/s1. The van der Waals surface area contributed by atoms with Gasteiger partial charge in [0.25, 0.3) is 0 Å². The smallest absolute Gasteiger partial charge is 0.246 e. The lowest BCUT2D eigenvalue weighted by molar-refractivity contribution is -0.144. The maximum absolute atomic E-state index is 14.2. The normalized spacial score (nSPS) is 21.8. The van der Waals surface area contributed by atoms with Crippen molar-refractivity contribution in [1.82, 2.24) is 26.2 Å². The van der Waals surface area contributed by atoms with Crippen LogP contribution in [-0.4, -0.2) is 65.5 Å². The number of aliphatic hydroxyl groups excluding tert-OH is 1. The second-order valence-electron chi connectivity index (χ2n) is 12.8. The zero-order valence-electron chi connectivity index (χ0n) is 25.6. The number of hydrogen-bond acceptors (Lipinski definition) is 6. The molecule has 5 atom stereocenters. The minimum atomic E-state index is -0.795. The number of carbonyl (C=O) groups is 3. The number of likely N-dealkylation sites (N-methyl/N-ethyl adjacent to an activating group) is 1. The number of aryl methyl sites for hydroxylation is 1. The zero-order valence-corrected chi connectivity index (χ0v) is 25.6. The molecular weight excluding hydrogens is 530 g/mol. The highest BCUT2D eigenvalue weighted by atomic mass is 16.3. The van der Waals surface area contributed by atoms with Gasteiger partial charge in [-0.15, -0.1) is 0 Å². The highest BCUT2D eigenvalue weighted by Crippen LogP contribution is 2.31. The van der Waals surface area contributed by atoms with Crippen molar-refractivity contribution in [1.29, 1.82) is 0 Å².